The van der Waals surface area contributed by atoms with Crippen LogP contribution in [-0.2, 0) is 0 Å². The van der Waals surface area contributed by atoms with Crippen LogP contribution in [0.4, 0.5) is 0 Å². The lowest BCUT2D eigenvalue weighted by Crippen LogP contribution is -2.48. The Morgan fingerprint density at radius 1 is 1.26 bits per heavy atom. The average molecular weight is 261 g/mol. The number of carbonyl (C=O) groups excluding carboxylic acids is 1. The molecule has 0 aliphatic carbocycles. The van der Waals surface area contributed by atoms with Crippen LogP contribution in [-0.4, -0.2) is 41.0 Å². The van der Waals surface area contributed by atoms with Gasteiger partial charge in [-0.1, -0.05) is 0 Å². The first-order valence-electron chi connectivity index (χ1n) is 7.24. The zero-order valence-corrected chi connectivity index (χ0v) is 12.0. The summed E-state index contributed by atoms with van der Waals surface area (Å²) in [5.74, 6) is 0.136. The van der Waals surface area contributed by atoms with E-state index in [0.717, 1.165) is 29.8 Å². The number of aromatic nitrogens is 1. The summed E-state index contributed by atoms with van der Waals surface area (Å²) >= 11 is 0. The molecule has 3 rings (SSSR count). The van der Waals surface area contributed by atoms with Crippen molar-refractivity contribution in [2.24, 2.45) is 0 Å². The lowest BCUT2D eigenvalue weighted by Gasteiger charge is -2.35. The van der Waals surface area contributed by atoms with Gasteiger partial charge in [-0.25, -0.2) is 0 Å². The predicted molar refractivity (Wildman–Crippen MR) is 75.3 cm³/mol. The molecule has 0 saturated carbocycles. The van der Waals surface area contributed by atoms with Crippen LogP contribution in [0.5, 0.6) is 0 Å². The summed E-state index contributed by atoms with van der Waals surface area (Å²) in [6.07, 6.45) is 4.72. The molecule has 2 unspecified atom stereocenters. The van der Waals surface area contributed by atoms with Gasteiger partial charge >= 0.3 is 0 Å². The van der Waals surface area contributed by atoms with E-state index in [1.807, 2.05) is 31.9 Å². The van der Waals surface area contributed by atoms with Crippen molar-refractivity contribution < 1.29 is 4.79 Å². The molecule has 2 N–H and O–H groups in total. The summed E-state index contributed by atoms with van der Waals surface area (Å²) < 4.78 is 0. The Kier molecular flexibility index (Phi) is 3.13. The van der Waals surface area contributed by atoms with E-state index >= 15 is 0 Å². The number of fused-ring (bicyclic) bond motifs is 2. The third-order valence-electron chi connectivity index (χ3n) is 4.68. The van der Waals surface area contributed by atoms with Crippen LogP contribution in [0.3, 0.4) is 0 Å². The van der Waals surface area contributed by atoms with E-state index in [1.165, 1.54) is 12.8 Å². The molecule has 0 radical (unpaired) electrons. The fourth-order valence-electron chi connectivity index (χ4n) is 3.64. The Morgan fingerprint density at radius 3 is 2.42 bits per heavy atom. The van der Waals surface area contributed by atoms with Crippen LogP contribution >= 0.6 is 0 Å². The van der Waals surface area contributed by atoms with Gasteiger partial charge in [-0.15, -0.1) is 0 Å². The van der Waals surface area contributed by atoms with E-state index < -0.39 is 0 Å². The van der Waals surface area contributed by atoms with Gasteiger partial charge in [-0.05, 0) is 51.2 Å². The minimum Gasteiger partial charge on any atom is -0.354 e. The summed E-state index contributed by atoms with van der Waals surface area (Å²) in [6.45, 7) is 3.99. The topological polar surface area (TPSA) is 48.1 Å². The highest BCUT2D eigenvalue weighted by molar-refractivity contribution is 5.94. The van der Waals surface area contributed by atoms with Crippen LogP contribution < -0.4 is 5.32 Å². The SMILES string of the molecule is Cc1cc(C)c(C(=O)N(C)C2CC3CCC(C2)N3)[nH]1. The van der Waals surface area contributed by atoms with E-state index in [2.05, 4.69) is 10.3 Å². The van der Waals surface area contributed by atoms with Crippen molar-refractivity contribution in [3.63, 3.8) is 0 Å². The van der Waals surface area contributed by atoms with Crippen LogP contribution in [0.2, 0.25) is 0 Å². The monoisotopic (exact) mass is 261 g/mol. The highest BCUT2D eigenvalue weighted by Gasteiger charge is 2.36. The number of nitrogens with one attached hydrogen (secondary N) is 2. The fourth-order valence-corrected chi connectivity index (χ4v) is 3.64. The standard InChI is InChI=1S/C15H23N3O/c1-9-6-10(2)16-14(9)15(19)18(3)13-7-11-4-5-12(8-13)17-11/h6,11-13,16-17H,4-5,7-8H2,1-3H3. The molecule has 2 fully saturated rings. The van der Waals surface area contributed by atoms with Gasteiger partial charge in [0.05, 0.1) is 0 Å². The number of amides is 1. The number of nitrogens with zero attached hydrogens (tertiary/aromatic N) is 1. The van der Waals surface area contributed by atoms with Gasteiger partial charge in [0, 0.05) is 30.9 Å². The predicted octanol–water partition coefficient (Wildman–Crippen LogP) is 1.99. The Bertz CT molecular complexity index is 482. The van der Waals surface area contributed by atoms with Crippen molar-refractivity contribution in [1.82, 2.24) is 15.2 Å². The number of rotatable bonds is 2. The number of aromatic amines is 1. The largest absolute Gasteiger partial charge is 0.354 e. The molecule has 4 heteroatoms. The number of aryl methyl sites for hydroxylation is 2. The van der Waals surface area contributed by atoms with Crippen molar-refractivity contribution in [3.8, 4) is 0 Å². The first kappa shape index (κ1) is 12.7. The zero-order chi connectivity index (χ0) is 13.6. The second-order valence-electron chi connectivity index (χ2n) is 6.19. The maximum absolute atomic E-state index is 12.6. The molecule has 2 saturated heterocycles. The highest BCUT2D eigenvalue weighted by Crippen LogP contribution is 2.30. The van der Waals surface area contributed by atoms with Crippen molar-refractivity contribution in [2.75, 3.05) is 7.05 Å². The third kappa shape index (κ3) is 2.29. The molecule has 19 heavy (non-hydrogen) atoms. The van der Waals surface area contributed by atoms with E-state index in [0.29, 0.717) is 18.1 Å². The number of hydrogen-bond donors (Lipinski definition) is 2. The Balaban J connectivity index is 1.75. The van der Waals surface area contributed by atoms with Crippen molar-refractivity contribution in [1.29, 1.82) is 0 Å². The van der Waals surface area contributed by atoms with Crippen molar-refractivity contribution >= 4 is 5.91 Å². The third-order valence-corrected chi connectivity index (χ3v) is 4.68. The highest BCUT2D eigenvalue weighted by atomic mass is 16.2. The van der Waals surface area contributed by atoms with E-state index in [4.69, 9.17) is 0 Å². The molecular weight excluding hydrogens is 238 g/mol. The van der Waals surface area contributed by atoms with Crippen molar-refractivity contribution in [2.45, 2.75) is 57.7 Å². The molecule has 3 heterocycles. The summed E-state index contributed by atoms with van der Waals surface area (Å²) in [6, 6.07) is 3.65. The second-order valence-corrected chi connectivity index (χ2v) is 6.19. The molecule has 2 atom stereocenters. The van der Waals surface area contributed by atoms with Gasteiger partial charge in [-0.3, -0.25) is 4.79 Å². The molecule has 104 valence electrons. The molecular formula is C15H23N3O. The maximum Gasteiger partial charge on any atom is 0.270 e. The lowest BCUT2D eigenvalue weighted by molar-refractivity contribution is 0.0675. The summed E-state index contributed by atoms with van der Waals surface area (Å²) in [5.41, 5.74) is 2.86. The fraction of sp³-hybridized carbons (Fsp3) is 0.667. The minimum absolute atomic E-state index is 0.136. The van der Waals surface area contributed by atoms with Crippen LogP contribution in [0, 0.1) is 13.8 Å². The maximum atomic E-state index is 12.6. The van der Waals surface area contributed by atoms with Gasteiger partial charge in [-0.2, -0.15) is 0 Å². The summed E-state index contributed by atoms with van der Waals surface area (Å²) in [5, 5.41) is 3.62. The normalized spacial score (nSPS) is 29.5. The number of hydrogen-bond acceptors (Lipinski definition) is 2. The quantitative estimate of drug-likeness (QED) is 0.855. The summed E-state index contributed by atoms with van der Waals surface area (Å²) in [4.78, 5) is 17.7. The second kappa shape index (κ2) is 4.67. The summed E-state index contributed by atoms with van der Waals surface area (Å²) in [7, 11) is 1.95. The van der Waals surface area contributed by atoms with E-state index in [-0.39, 0.29) is 5.91 Å². The molecule has 0 aromatic carbocycles. The van der Waals surface area contributed by atoms with Gasteiger partial charge in [0.1, 0.15) is 5.69 Å². The Labute approximate surface area is 114 Å². The first-order chi connectivity index (χ1) is 9.04. The van der Waals surface area contributed by atoms with E-state index in [1.54, 1.807) is 0 Å². The number of carbonyl (C=O) groups is 1. The van der Waals surface area contributed by atoms with Gasteiger partial charge < -0.3 is 15.2 Å². The Hall–Kier alpha value is -1.29. The first-order valence-corrected chi connectivity index (χ1v) is 7.24. The van der Waals surface area contributed by atoms with Gasteiger partial charge in [0.2, 0.25) is 0 Å². The van der Waals surface area contributed by atoms with Crippen LogP contribution in [0.1, 0.15) is 47.4 Å². The van der Waals surface area contributed by atoms with Crippen LogP contribution in [0.25, 0.3) is 0 Å². The molecule has 1 amide bonds. The number of H-pyrrole nitrogens is 1. The van der Waals surface area contributed by atoms with Crippen LogP contribution in [0.15, 0.2) is 6.07 Å². The number of piperidine rings is 1. The smallest absolute Gasteiger partial charge is 0.270 e. The van der Waals surface area contributed by atoms with Gasteiger partial charge in [0.25, 0.3) is 5.91 Å². The molecule has 1 aromatic rings. The average Bonchev–Trinajstić information content (AvgIpc) is 2.89. The molecule has 2 bridgehead atoms. The molecule has 4 nitrogen and oxygen atoms in total. The lowest BCUT2D eigenvalue weighted by atomic mass is 9.98. The molecule has 2 aliphatic heterocycles. The van der Waals surface area contributed by atoms with Gasteiger partial charge in [0.15, 0.2) is 0 Å². The van der Waals surface area contributed by atoms with E-state index in [9.17, 15) is 4.79 Å². The van der Waals surface area contributed by atoms with Crippen molar-refractivity contribution in [3.05, 3.63) is 23.0 Å². The molecule has 2 aliphatic rings. The zero-order valence-electron chi connectivity index (χ0n) is 12.0. The Morgan fingerprint density at radius 2 is 1.89 bits per heavy atom. The molecule has 1 aromatic heterocycles. The molecule has 0 spiro atoms. The minimum atomic E-state index is 0.136.